The highest BCUT2D eigenvalue weighted by molar-refractivity contribution is 7.09. The average molecular weight is 439 g/mol. The van der Waals surface area contributed by atoms with E-state index in [1.54, 1.807) is 19.2 Å². The molecule has 7 heteroatoms. The first-order valence-corrected chi connectivity index (χ1v) is 10.8. The molecule has 1 atom stereocenters. The zero-order valence-corrected chi connectivity index (χ0v) is 18.4. The number of benzene rings is 2. The summed E-state index contributed by atoms with van der Waals surface area (Å²) in [5, 5.41) is 6.76. The molecule has 2 aromatic heterocycles. The number of hydrogen-bond acceptors (Lipinski definition) is 5. The van der Waals surface area contributed by atoms with Crippen molar-refractivity contribution >= 4 is 28.2 Å². The number of carbonyl (C=O) groups excluding carboxylic acids is 1. The van der Waals surface area contributed by atoms with Crippen molar-refractivity contribution in [1.29, 1.82) is 0 Å². The number of nitrogens with zero attached hydrogens (tertiary/aromatic N) is 1. The van der Waals surface area contributed by atoms with E-state index >= 15 is 0 Å². The van der Waals surface area contributed by atoms with Crippen molar-refractivity contribution in [3.05, 3.63) is 81.3 Å². The second kappa shape index (κ2) is 8.89. The molecule has 1 N–H and O–H groups in total. The summed E-state index contributed by atoms with van der Waals surface area (Å²) in [6, 6.07) is 11.8. The number of furan rings is 1. The summed E-state index contributed by atoms with van der Waals surface area (Å²) in [6.45, 7) is 3.88. The van der Waals surface area contributed by atoms with Gasteiger partial charge >= 0.3 is 0 Å². The van der Waals surface area contributed by atoms with Crippen molar-refractivity contribution in [2.24, 2.45) is 0 Å². The fraction of sp³-hybridized carbons (Fsp3) is 0.250. The van der Waals surface area contributed by atoms with Crippen LogP contribution in [0.5, 0.6) is 5.75 Å². The number of hydrogen-bond donors (Lipinski definition) is 1. The lowest BCUT2D eigenvalue weighted by Crippen LogP contribution is -2.28. The first-order chi connectivity index (χ1) is 14.9. The molecule has 0 aliphatic heterocycles. The van der Waals surface area contributed by atoms with Gasteiger partial charge in [-0.15, -0.1) is 11.3 Å². The molecule has 31 heavy (non-hydrogen) atoms. The SMILES string of the molecule is COc1ccc2oc(C(C)NC(=O)Cc3csc(Cc4ccc(F)cc4)n3)c(C)c2c1. The van der Waals surface area contributed by atoms with Gasteiger partial charge in [0.1, 0.15) is 22.9 Å². The molecule has 2 aromatic carbocycles. The lowest BCUT2D eigenvalue weighted by atomic mass is 10.1. The Morgan fingerprint density at radius 2 is 2.03 bits per heavy atom. The van der Waals surface area contributed by atoms with Crippen LogP contribution in [0, 0.1) is 12.7 Å². The Morgan fingerprint density at radius 3 is 2.77 bits per heavy atom. The number of aromatic nitrogens is 1. The highest BCUT2D eigenvalue weighted by atomic mass is 32.1. The number of rotatable bonds is 7. The molecule has 160 valence electrons. The molecule has 0 fully saturated rings. The largest absolute Gasteiger partial charge is 0.497 e. The van der Waals surface area contributed by atoms with E-state index in [0.717, 1.165) is 44.3 Å². The van der Waals surface area contributed by atoms with E-state index in [0.29, 0.717) is 6.42 Å². The summed E-state index contributed by atoms with van der Waals surface area (Å²) in [7, 11) is 1.63. The van der Waals surface area contributed by atoms with Crippen LogP contribution in [0.25, 0.3) is 11.0 Å². The molecule has 0 aliphatic rings. The van der Waals surface area contributed by atoms with E-state index in [-0.39, 0.29) is 24.2 Å². The van der Waals surface area contributed by atoms with Gasteiger partial charge < -0.3 is 14.5 Å². The zero-order chi connectivity index (χ0) is 22.0. The van der Waals surface area contributed by atoms with Gasteiger partial charge in [0.15, 0.2) is 0 Å². The maximum Gasteiger partial charge on any atom is 0.226 e. The molecule has 2 heterocycles. The number of thiazole rings is 1. The number of methoxy groups -OCH3 is 1. The van der Waals surface area contributed by atoms with Crippen LogP contribution in [0.15, 0.2) is 52.3 Å². The maximum absolute atomic E-state index is 13.0. The third-order valence-electron chi connectivity index (χ3n) is 5.16. The minimum absolute atomic E-state index is 0.122. The van der Waals surface area contributed by atoms with Crippen molar-refractivity contribution in [2.75, 3.05) is 7.11 Å². The van der Waals surface area contributed by atoms with E-state index in [2.05, 4.69) is 10.3 Å². The highest BCUT2D eigenvalue weighted by Crippen LogP contribution is 2.32. The van der Waals surface area contributed by atoms with E-state index in [1.165, 1.54) is 23.5 Å². The summed E-state index contributed by atoms with van der Waals surface area (Å²) in [6.07, 6.45) is 0.808. The van der Waals surface area contributed by atoms with E-state index < -0.39 is 0 Å². The first kappa shape index (κ1) is 21.1. The Balaban J connectivity index is 1.40. The van der Waals surface area contributed by atoms with Crippen LogP contribution in [-0.2, 0) is 17.6 Å². The normalized spacial score (nSPS) is 12.1. The van der Waals surface area contributed by atoms with Gasteiger partial charge in [0, 0.05) is 22.8 Å². The minimum Gasteiger partial charge on any atom is -0.497 e. The monoisotopic (exact) mass is 438 g/mol. The van der Waals surface area contributed by atoms with Gasteiger partial charge in [-0.25, -0.2) is 9.37 Å². The molecule has 4 aromatic rings. The van der Waals surface area contributed by atoms with Crippen LogP contribution < -0.4 is 10.1 Å². The Kier molecular flexibility index (Phi) is 6.04. The Morgan fingerprint density at radius 1 is 1.26 bits per heavy atom. The molecule has 4 rings (SSSR count). The number of amides is 1. The minimum atomic E-state index is -0.275. The summed E-state index contributed by atoms with van der Waals surface area (Å²) >= 11 is 1.50. The molecule has 0 spiro atoms. The predicted octanol–water partition coefficient (Wildman–Crippen LogP) is 5.36. The first-order valence-electron chi connectivity index (χ1n) is 9.97. The van der Waals surface area contributed by atoms with Crippen LogP contribution in [0.3, 0.4) is 0 Å². The lowest BCUT2D eigenvalue weighted by molar-refractivity contribution is -0.121. The number of fused-ring (bicyclic) bond motifs is 1. The van der Waals surface area contributed by atoms with Gasteiger partial charge in [-0.05, 0) is 49.7 Å². The summed E-state index contributed by atoms with van der Waals surface area (Å²) < 4.78 is 24.3. The van der Waals surface area contributed by atoms with Gasteiger partial charge in [-0.1, -0.05) is 12.1 Å². The number of nitrogens with one attached hydrogen (secondary N) is 1. The smallest absolute Gasteiger partial charge is 0.226 e. The molecule has 0 aliphatic carbocycles. The topological polar surface area (TPSA) is 64.4 Å². The second-order valence-electron chi connectivity index (χ2n) is 7.46. The Hall–Kier alpha value is -3.19. The lowest BCUT2D eigenvalue weighted by Gasteiger charge is -2.12. The molecule has 0 saturated heterocycles. The molecule has 0 saturated carbocycles. The third kappa shape index (κ3) is 4.77. The summed E-state index contributed by atoms with van der Waals surface area (Å²) in [5.41, 5.74) is 3.45. The van der Waals surface area contributed by atoms with Gasteiger partial charge in [-0.3, -0.25) is 4.79 Å². The Bertz CT molecular complexity index is 1210. The standard InChI is InChI=1S/C24H23FN2O3S/c1-14-20-12-19(29-3)8-9-21(20)30-24(14)15(2)26-22(28)11-18-13-31-23(27-18)10-16-4-6-17(25)7-5-16/h4-9,12-13,15H,10-11H2,1-3H3,(H,26,28). The second-order valence-corrected chi connectivity index (χ2v) is 8.40. The molecule has 0 bridgehead atoms. The quantitative estimate of drug-likeness (QED) is 0.422. The average Bonchev–Trinajstić information content (AvgIpc) is 3.33. The van der Waals surface area contributed by atoms with Crippen LogP contribution in [0.4, 0.5) is 4.39 Å². The molecular formula is C24H23FN2O3S. The number of carbonyl (C=O) groups is 1. The maximum atomic E-state index is 13.0. The van der Waals surface area contributed by atoms with Crippen LogP contribution >= 0.6 is 11.3 Å². The fourth-order valence-corrected chi connectivity index (χ4v) is 4.40. The molecule has 1 amide bonds. The molecule has 0 radical (unpaired) electrons. The third-order valence-corrected chi connectivity index (χ3v) is 6.06. The van der Waals surface area contributed by atoms with Gasteiger partial charge in [0.2, 0.25) is 5.91 Å². The zero-order valence-electron chi connectivity index (χ0n) is 17.6. The van der Waals surface area contributed by atoms with Gasteiger partial charge in [0.05, 0.1) is 30.3 Å². The van der Waals surface area contributed by atoms with Crippen molar-refractivity contribution in [3.63, 3.8) is 0 Å². The fourth-order valence-electron chi connectivity index (χ4n) is 3.57. The molecular weight excluding hydrogens is 415 g/mol. The number of halogens is 1. The Labute approximate surface area is 183 Å². The van der Waals surface area contributed by atoms with Crippen LogP contribution in [0.1, 0.15) is 40.6 Å². The van der Waals surface area contributed by atoms with E-state index in [1.807, 2.05) is 37.4 Å². The predicted molar refractivity (Wildman–Crippen MR) is 119 cm³/mol. The van der Waals surface area contributed by atoms with Crippen molar-refractivity contribution in [2.45, 2.75) is 32.7 Å². The van der Waals surface area contributed by atoms with Gasteiger partial charge in [0.25, 0.3) is 0 Å². The van der Waals surface area contributed by atoms with Crippen LogP contribution in [0.2, 0.25) is 0 Å². The van der Waals surface area contributed by atoms with Crippen LogP contribution in [-0.4, -0.2) is 18.0 Å². The van der Waals surface area contributed by atoms with Gasteiger partial charge in [-0.2, -0.15) is 0 Å². The number of ether oxygens (including phenoxy) is 1. The van der Waals surface area contributed by atoms with Crippen molar-refractivity contribution in [3.8, 4) is 5.75 Å². The molecule has 5 nitrogen and oxygen atoms in total. The number of aryl methyl sites for hydroxylation is 1. The molecule has 1 unspecified atom stereocenters. The van der Waals surface area contributed by atoms with Crippen molar-refractivity contribution < 1.29 is 18.3 Å². The highest BCUT2D eigenvalue weighted by Gasteiger charge is 2.19. The summed E-state index contributed by atoms with van der Waals surface area (Å²) in [5.74, 6) is 1.11. The summed E-state index contributed by atoms with van der Waals surface area (Å²) in [4.78, 5) is 17.1. The van der Waals surface area contributed by atoms with E-state index in [9.17, 15) is 9.18 Å². The van der Waals surface area contributed by atoms with E-state index in [4.69, 9.17) is 9.15 Å². The van der Waals surface area contributed by atoms with Crippen molar-refractivity contribution in [1.82, 2.24) is 10.3 Å².